The number of halogens is 1. The van der Waals surface area contributed by atoms with Gasteiger partial charge in [0.05, 0.1) is 4.92 Å². The zero-order valence-corrected chi connectivity index (χ0v) is 9.42. The molecule has 18 heavy (non-hydrogen) atoms. The molecule has 0 saturated carbocycles. The van der Waals surface area contributed by atoms with Gasteiger partial charge in [-0.1, -0.05) is 5.16 Å². The molecule has 0 aliphatic heterocycles. The van der Waals surface area contributed by atoms with Gasteiger partial charge in [-0.05, 0) is 13.0 Å². The lowest BCUT2D eigenvalue weighted by molar-refractivity contribution is -0.386. The van der Waals surface area contributed by atoms with Crippen LogP contribution < -0.4 is 4.74 Å². The van der Waals surface area contributed by atoms with Gasteiger partial charge in [-0.25, -0.2) is 4.39 Å². The zero-order chi connectivity index (χ0) is 13.1. The molecular formula is C11H9FN2O4. The lowest BCUT2D eigenvalue weighted by Gasteiger charge is -2.04. The Hall–Kier alpha value is -2.44. The highest BCUT2D eigenvalue weighted by molar-refractivity contribution is 5.46. The Morgan fingerprint density at radius 2 is 2.28 bits per heavy atom. The van der Waals surface area contributed by atoms with Gasteiger partial charge >= 0.3 is 5.69 Å². The number of ether oxygens (including phenoxy) is 1. The summed E-state index contributed by atoms with van der Waals surface area (Å²) in [4.78, 5) is 10.1. The average molecular weight is 252 g/mol. The minimum atomic E-state index is -0.636. The molecule has 0 aliphatic carbocycles. The third-order valence-electron chi connectivity index (χ3n) is 2.17. The molecule has 0 radical (unpaired) electrons. The van der Waals surface area contributed by atoms with Gasteiger partial charge in [0.1, 0.15) is 23.9 Å². The number of aryl methyl sites for hydroxylation is 1. The Bertz CT molecular complexity index is 582. The van der Waals surface area contributed by atoms with Crippen molar-refractivity contribution >= 4 is 5.69 Å². The van der Waals surface area contributed by atoms with Crippen LogP contribution in [0.4, 0.5) is 10.1 Å². The van der Waals surface area contributed by atoms with Crippen molar-refractivity contribution in [1.29, 1.82) is 0 Å². The van der Waals surface area contributed by atoms with Gasteiger partial charge in [-0.15, -0.1) is 0 Å². The van der Waals surface area contributed by atoms with E-state index in [1.54, 1.807) is 13.0 Å². The van der Waals surface area contributed by atoms with E-state index in [-0.39, 0.29) is 18.0 Å². The van der Waals surface area contributed by atoms with Crippen LogP contribution in [0.3, 0.4) is 0 Å². The number of nitro groups is 1. The summed E-state index contributed by atoms with van der Waals surface area (Å²) in [6.07, 6.45) is 0. The molecule has 1 heterocycles. The normalized spacial score (nSPS) is 10.3. The van der Waals surface area contributed by atoms with Crippen molar-refractivity contribution in [1.82, 2.24) is 5.16 Å². The molecule has 2 rings (SSSR count). The van der Waals surface area contributed by atoms with E-state index in [4.69, 9.17) is 9.26 Å². The summed E-state index contributed by atoms with van der Waals surface area (Å²) < 4.78 is 23.0. The summed E-state index contributed by atoms with van der Waals surface area (Å²) in [7, 11) is 0. The molecule has 1 aromatic heterocycles. The van der Waals surface area contributed by atoms with Gasteiger partial charge in [0.25, 0.3) is 0 Å². The van der Waals surface area contributed by atoms with Gasteiger partial charge in [0.15, 0.2) is 5.75 Å². The largest absolute Gasteiger partial charge is 0.480 e. The number of nitrogens with zero attached hydrogens (tertiary/aromatic N) is 2. The minimum Gasteiger partial charge on any atom is -0.480 e. The van der Waals surface area contributed by atoms with E-state index < -0.39 is 10.7 Å². The SMILES string of the molecule is Cc1cc(COc2cc(F)ccc2[N+](=O)[O-])no1. The molecule has 0 amide bonds. The predicted octanol–water partition coefficient (Wildman–Crippen LogP) is 2.61. The van der Waals surface area contributed by atoms with Crippen LogP contribution in [0.2, 0.25) is 0 Å². The van der Waals surface area contributed by atoms with Crippen LogP contribution in [-0.4, -0.2) is 10.1 Å². The molecule has 0 N–H and O–H groups in total. The molecule has 0 fully saturated rings. The fraction of sp³-hybridized carbons (Fsp3) is 0.182. The van der Waals surface area contributed by atoms with Gasteiger partial charge in [0, 0.05) is 18.2 Å². The monoisotopic (exact) mass is 252 g/mol. The van der Waals surface area contributed by atoms with Crippen molar-refractivity contribution in [2.24, 2.45) is 0 Å². The Morgan fingerprint density at radius 1 is 1.50 bits per heavy atom. The molecule has 0 bridgehead atoms. The minimum absolute atomic E-state index is 0.0262. The highest BCUT2D eigenvalue weighted by Gasteiger charge is 2.16. The first kappa shape index (κ1) is 12.0. The average Bonchev–Trinajstić information content (AvgIpc) is 2.72. The highest BCUT2D eigenvalue weighted by atomic mass is 19.1. The third-order valence-corrected chi connectivity index (χ3v) is 2.17. The van der Waals surface area contributed by atoms with E-state index in [0.717, 1.165) is 18.2 Å². The number of hydrogen-bond acceptors (Lipinski definition) is 5. The maximum absolute atomic E-state index is 13.0. The predicted molar refractivity (Wildman–Crippen MR) is 58.6 cm³/mol. The van der Waals surface area contributed by atoms with E-state index in [0.29, 0.717) is 11.5 Å². The van der Waals surface area contributed by atoms with Crippen molar-refractivity contribution in [3.8, 4) is 5.75 Å². The second-order valence-electron chi connectivity index (χ2n) is 3.59. The van der Waals surface area contributed by atoms with E-state index in [1.807, 2.05) is 0 Å². The number of hydrogen-bond donors (Lipinski definition) is 0. The second kappa shape index (κ2) is 4.82. The number of nitro benzene ring substituents is 1. The number of benzene rings is 1. The first-order valence-corrected chi connectivity index (χ1v) is 5.05. The summed E-state index contributed by atoms with van der Waals surface area (Å²) in [5, 5.41) is 14.4. The van der Waals surface area contributed by atoms with Gasteiger partial charge < -0.3 is 9.26 Å². The van der Waals surface area contributed by atoms with Crippen LogP contribution in [0.15, 0.2) is 28.8 Å². The van der Waals surface area contributed by atoms with Crippen LogP contribution in [0.25, 0.3) is 0 Å². The van der Waals surface area contributed by atoms with Crippen molar-refractivity contribution in [2.45, 2.75) is 13.5 Å². The van der Waals surface area contributed by atoms with E-state index >= 15 is 0 Å². The number of aromatic nitrogens is 1. The van der Waals surface area contributed by atoms with E-state index in [2.05, 4.69) is 5.16 Å². The summed E-state index contributed by atoms with van der Waals surface area (Å²) in [6.45, 7) is 1.68. The Morgan fingerprint density at radius 3 is 2.89 bits per heavy atom. The smallest absolute Gasteiger partial charge is 0.311 e. The van der Waals surface area contributed by atoms with Crippen LogP contribution in [0, 0.1) is 22.9 Å². The summed E-state index contributed by atoms with van der Waals surface area (Å²) >= 11 is 0. The van der Waals surface area contributed by atoms with Crippen molar-refractivity contribution < 1.29 is 18.6 Å². The Balaban J connectivity index is 2.17. The first-order valence-electron chi connectivity index (χ1n) is 5.05. The van der Waals surface area contributed by atoms with E-state index in [1.165, 1.54) is 0 Å². The fourth-order valence-corrected chi connectivity index (χ4v) is 1.39. The fourth-order valence-electron chi connectivity index (χ4n) is 1.39. The standard InChI is InChI=1S/C11H9FN2O4/c1-7-4-9(13-18-7)6-17-11-5-8(12)2-3-10(11)14(15)16/h2-5H,6H2,1H3. The first-order chi connectivity index (χ1) is 8.56. The molecule has 6 nitrogen and oxygen atoms in total. The molecule has 0 atom stereocenters. The molecule has 2 aromatic rings. The molecule has 0 spiro atoms. The van der Waals surface area contributed by atoms with Crippen molar-refractivity contribution in [3.05, 3.63) is 51.7 Å². The van der Waals surface area contributed by atoms with Gasteiger partial charge in [0.2, 0.25) is 0 Å². The number of rotatable bonds is 4. The van der Waals surface area contributed by atoms with Crippen molar-refractivity contribution in [2.75, 3.05) is 0 Å². The zero-order valence-electron chi connectivity index (χ0n) is 9.42. The molecule has 0 aliphatic rings. The molecule has 0 unspecified atom stereocenters. The summed E-state index contributed by atoms with van der Waals surface area (Å²) in [6, 6.07) is 4.65. The van der Waals surface area contributed by atoms with Gasteiger partial charge in [-0.3, -0.25) is 10.1 Å². The maximum atomic E-state index is 13.0. The second-order valence-corrected chi connectivity index (χ2v) is 3.59. The Labute approximate surface area is 101 Å². The highest BCUT2D eigenvalue weighted by Crippen LogP contribution is 2.28. The van der Waals surface area contributed by atoms with Crippen LogP contribution >= 0.6 is 0 Å². The maximum Gasteiger partial charge on any atom is 0.311 e. The molecular weight excluding hydrogens is 243 g/mol. The lowest BCUT2D eigenvalue weighted by atomic mass is 10.3. The van der Waals surface area contributed by atoms with Gasteiger partial charge in [-0.2, -0.15) is 0 Å². The van der Waals surface area contributed by atoms with E-state index in [9.17, 15) is 14.5 Å². The molecule has 1 aromatic carbocycles. The van der Waals surface area contributed by atoms with Crippen LogP contribution in [0.5, 0.6) is 5.75 Å². The Kier molecular flexibility index (Phi) is 3.22. The topological polar surface area (TPSA) is 78.4 Å². The summed E-state index contributed by atoms with van der Waals surface area (Å²) in [5.74, 6) is -0.144. The van der Waals surface area contributed by atoms with Crippen LogP contribution in [-0.2, 0) is 6.61 Å². The molecule has 0 saturated heterocycles. The molecule has 94 valence electrons. The third kappa shape index (κ3) is 2.62. The summed E-state index contributed by atoms with van der Waals surface area (Å²) in [5.41, 5.74) is 0.183. The molecule has 7 heteroatoms. The van der Waals surface area contributed by atoms with Crippen molar-refractivity contribution in [3.63, 3.8) is 0 Å². The van der Waals surface area contributed by atoms with Crippen LogP contribution in [0.1, 0.15) is 11.5 Å². The lowest BCUT2D eigenvalue weighted by Crippen LogP contribution is -1.99. The quantitative estimate of drug-likeness (QED) is 0.617.